The second kappa shape index (κ2) is 8.53. The van der Waals surface area contributed by atoms with E-state index in [2.05, 4.69) is 52.1 Å². The van der Waals surface area contributed by atoms with Gasteiger partial charge in [-0.1, -0.05) is 17.8 Å². The zero-order chi connectivity index (χ0) is 20.4. The molecule has 0 amide bonds. The average molecular weight is 413 g/mol. The van der Waals surface area contributed by atoms with Gasteiger partial charge in [0.25, 0.3) is 0 Å². The van der Waals surface area contributed by atoms with Gasteiger partial charge in [-0.3, -0.25) is 10.4 Å². The van der Waals surface area contributed by atoms with Crippen LogP contribution in [0, 0.1) is 13.8 Å². The molecule has 0 bridgehead atoms. The van der Waals surface area contributed by atoms with Gasteiger partial charge in [0.1, 0.15) is 0 Å². The van der Waals surface area contributed by atoms with E-state index in [0.29, 0.717) is 6.04 Å². The van der Waals surface area contributed by atoms with Gasteiger partial charge in [0, 0.05) is 29.2 Å². The number of ether oxygens (including phenoxy) is 2. The quantitative estimate of drug-likeness (QED) is 0.749. The minimum atomic E-state index is 0.517. The molecule has 1 N–H and O–H groups in total. The number of hydrazone groups is 1. The topological polar surface area (TPSA) is 60.1 Å². The van der Waals surface area contributed by atoms with E-state index in [1.165, 1.54) is 35.4 Å². The molecule has 2 aliphatic rings. The van der Waals surface area contributed by atoms with E-state index in [4.69, 9.17) is 9.47 Å². The number of aryl methyl sites for hydroxylation is 2. The highest BCUT2D eigenvalue weighted by molar-refractivity contribution is 8.14. The van der Waals surface area contributed by atoms with Gasteiger partial charge >= 0.3 is 0 Å². The second-order valence-corrected chi connectivity index (χ2v) is 8.46. The summed E-state index contributed by atoms with van der Waals surface area (Å²) in [6.45, 7) is 5.25. The standard InChI is InChI=1S/C22H28N4O2S/c1-14-11-18(19-13-29-22(25-24-19)23-17-6-7-17)15(2)26(14)10-9-16-5-8-20(27-3)21(12-16)28-4/h5,8,11-12,17H,6-7,9-10,13H2,1-4H3,(H,23,25). The molecular weight excluding hydrogens is 384 g/mol. The molecule has 1 aliphatic heterocycles. The third-order valence-electron chi connectivity index (χ3n) is 5.44. The maximum absolute atomic E-state index is 5.43. The van der Waals surface area contributed by atoms with Crippen molar-refractivity contribution in [3.63, 3.8) is 0 Å². The van der Waals surface area contributed by atoms with Crippen molar-refractivity contribution >= 4 is 22.6 Å². The predicted octanol–water partition coefficient (Wildman–Crippen LogP) is 3.92. The normalized spacial score (nSPS) is 17.8. The highest BCUT2D eigenvalue weighted by Gasteiger charge is 2.23. The number of hydrogen-bond acceptors (Lipinski definition) is 5. The summed E-state index contributed by atoms with van der Waals surface area (Å²) in [5.74, 6) is 2.39. The van der Waals surface area contributed by atoms with Crippen molar-refractivity contribution in [1.82, 2.24) is 9.99 Å². The lowest BCUT2D eigenvalue weighted by Crippen LogP contribution is -2.26. The fraction of sp³-hybridized carbons (Fsp3) is 0.455. The Morgan fingerprint density at radius 1 is 1.17 bits per heavy atom. The minimum absolute atomic E-state index is 0.517. The van der Waals surface area contributed by atoms with Crippen LogP contribution < -0.4 is 14.9 Å². The van der Waals surface area contributed by atoms with Crippen LogP contribution in [0.3, 0.4) is 0 Å². The number of amidine groups is 1. The number of aromatic nitrogens is 1. The van der Waals surface area contributed by atoms with Gasteiger partial charge in [-0.2, -0.15) is 5.10 Å². The number of benzene rings is 1. The van der Waals surface area contributed by atoms with Gasteiger partial charge in [-0.15, -0.1) is 0 Å². The molecule has 0 radical (unpaired) electrons. The lowest BCUT2D eigenvalue weighted by atomic mass is 10.1. The SMILES string of the molecule is COc1ccc(CCn2c(C)cc(C3=NNC(=NC4CC4)SC3)c2C)cc1OC. The lowest BCUT2D eigenvalue weighted by molar-refractivity contribution is 0.354. The van der Waals surface area contributed by atoms with E-state index in [9.17, 15) is 0 Å². The van der Waals surface area contributed by atoms with Crippen LogP contribution in [0.5, 0.6) is 11.5 Å². The molecule has 1 saturated carbocycles. The van der Waals surface area contributed by atoms with Crippen molar-refractivity contribution in [1.29, 1.82) is 0 Å². The summed E-state index contributed by atoms with van der Waals surface area (Å²) in [5.41, 5.74) is 9.19. The van der Waals surface area contributed by atoms with Gasteiger partial charge in [0.05, 0.1) is 26.0 Å². The van der Waals surface area contributed by atoms with Crippen molar-refractivity contribution in [3.05, 3.63) is 46.8 Å². The molecule has 0 atom stereocenters. The number of rotatable bonds is 7. The van der Waals surface area contributed by atoms with Gasteiger partial charge in [-0.25, -0.2) is 0 Å². The van der Waals surface area contributed by atoms with Crippen LogP contribution in [0.25, 0.3) is 0 Å². The van der Waals surface area contributed by atoms with E-state index in [1.54, 1.807) is 26.0 Å². The van der Waals surface area contributed by atoms with Crippen LogP contribution in [0.4, 0.5) is 0 Å². The highest BCUT2D eigenvalue weighted by atomic mass is 32.2. The van der Waals surface area contributed by atoms with E-state index in [1.807, 2.05) is 6.07 Å². The largest absolute Gasteiger partial charge is 0.493 e. The Kier molecular flexibility index (Phi) is 5.85. The summed E-state index contributed by atoms with van der Waals surface area (Å²) in [6, 6.07) is 8.88. The predicted molar refractivity (Wildman–Crippen MR) is 120 cm³/mol. The van der Waals surface area contributed by atoms with E-state index in [0.717, 1.165) is 41.1 Å². The maximum atomic E-state index is 5.43. The number of nitrogens with zero attached hydrogens (tertiary/aromatic N) is 3. The molecule has 7 heteroatoms. The van der Waals surface area contributed by atoms with Gasteiger partial charge in [-0.05, 0) is 56.9 Å². The van der Waals surface area contributed by atoms with Crippen LogP contribution in [0.2, 0.25) is 0 Å². The Morgan fingerprint density at radius 2 is 1.97 bits per heavy atom. The Labute approximate surface area is 176 Å². The van der Waals surface area contributed by atoms with Crippen molar-refractivity contribution in [2.75, 3.05) is 20.0 Å². The molecular formula is C22H28N4O2S. The van der Waals surface area contributed by atoms with E-state index < -0.39 is 0 Å². The third-order valence-corrected chi connectivity index (χ3v) is 6.32. The molecule has 0 unspecified atom stereocenters. The summed E-state index contributed by atoms with van der Waals surface area (Å²) in [4.78, 5) is 4.65. The Balaban J connectivity index is 1.47. The molecule has 6 nitrogen and oxygen atoms in total. The summed E-state index contributed by atoms with van der Waals surface area (Å²) >= 11 is 1.75. The van der Waals surface area contributed by atoms with E-state index in [-0.39, 0.29) is 0 Å². The molecule has 154 valence electrons. The van der Waals surface area contributed by atoms with Crippen LogP contribution in [-0.2, 0) is 13.0 Å². The van der Waals surface area contributed by atoms with Crippen molar-refractivity contribution in [2.45, 2.75) is 45.7 Å². The summed E-state index contributed by atoms with van der Waals surface area (Å²) in [5, 5.41) is 5.57. The zero-order valence-electron chi connectivity index (χ0n) is 17.5. The number of nitrogens with one attached hydrogen (secondary N) is 1. The first-order valence-electron chi connectivity index (χ1n) is 10.00. The molecule has 1 aromatic heterocycles. The Morgan fingerprint density at radius 3 is 2.62 bits per heavy atom. The van der Waals surface area contributed by atoms with Gasteiger partial charge < -0.3 is 14.0 Å². The van der Waals surface area contributed by atoms with Gasteiger partial charge in [0.2, 0.25) is 0 Å². The summed E-state index contributed by atoms with van der Waals surface area (Å²) < 4.78 is 13.1. The van der Waals surface area contributed by atoms with E-state index >= 15 is 0 Å². The van der Waals surface area contributed by atoms with Crippen LogP contribution >= 0.6 is 11.8 Å². The van der Waals surface area contributed by atoms with Crippen molar-refractivity contribution in [2.24, 2.45) is 10.1 Å². The average Bonchev–Trinajstić information content (AvgIpc) is 3.51. The monoisotopic (exact) mass is 412 g/mol. The second-order valence-electron chi connectivity index (χ2n) is 7.50. The zero-order valence-corrected chi connectivity index (χ0v) is 18.3. The Hall–Kier alpha value is -2.41. The first-order valence-corrected chi connectivity index (χ1v) is 11.0. The molecule has 2 aromatic rings. The Bertz CT molecular complexity index is 960. The third kappa shape index (κ3) is 4.45. The number of aliphatic imine (C=N–C) groups is 1. The summed E-state index contributed by atoms with van der Waals surface area (Å²) in [7, 11) is 3.33. The smallest absolute Gasteiger partial charge is 0.177 e. The summed E-state index contributed by atoms with van der Waals surface area (Å²) in [6.07, 6.45) is 3.35. The fourth-order valence-electron chi connectivity index (χ4n) is 3.60. The number of hydrogen-bond donors (Lipinski definition) is 1. The highest BCUT2D eigenvalue weighted by Crippen LogP contribution is 2.29. The maximum Gasteiger partial charge on any atom is 0.177 e. The molecule has 1 aromatic carbocycles. The van der Waals surface area contributed by atoms with Crippen molar-refractivity contribution in [3.8, 4) is 11.5 Å². The van der Waals surface area contributed by atoms with Gasteiger partial charge in [0.15, 0.2) is 16.7 Å². The fourth-order valence-corrected chi connectivity index (χ4v) is 4.43. The molecule has 2 heterocycles. The molecule has 0 spiro atoms. The first-order chi connectivity index (χ1) is 14.1. The van der Waals surface area contributed by atoms with Crippen LogP contribution in [0.1, 0.15) is 35.4 Å². The lowest BCUT2D eigenvalue weighted by Gasteiger charge is -2.15. The number of methoxy groups -OCH3 is 2. The molecule has 1 fully saturated rings. The number of thioether (sulfide) groups is 1. The van der Waals surface area contributed by atoms with Crippen LogP contribution in [-0.4, -0.2) is 41.5 Å². The molecule has 0 saturated heterocycles. The minimum Gasteiger partial charge on any atom is -0.493 e. The molecule has 29 heavy (non-hydrogen) atoms. The van der Waals surface area contributed by atoms with Crippen LogP contribution in [0.15, 0.2) is 34.4 Å². The van der Waals surface area contributed by atoms with Crippen molar-refractivity contribution < 1.29 is 9.47 Å². The molecule has 4 rings (SSSR count). The molecule has 1 aliphatic carbocycles. The first kappa shape index (κ1) is 19.9.